The van der Waals surface area contributed by atoms with Crippen LogP contribution in [0.4, 0.5) is 0 Å². The number of para-hydroxylation sites is 1. The topological polar surface area (TPSA) is 80.5 Å². The number of thiophene rings is 1. The van der Waals surface area contributed by atoms with Crippen LogP contribution >= 0.6 is 23.1 Å². The first-order chi connectivity index (χ1) is 12.4. The number of hydrogen-bond acceptors (Lipinski definition) is 7. The monoisotopic (exact) mass is 365 g/mol. The molecule has 1 N–H and O–H groups in total. The number of nitrogens with zero attached hydrogens (tertiary/aromatic N) is 4. The van der Waals surface area contributed by atoms with Crippen LogP contribution in [0, 0.1) is 0 Å². The lowest BCUT2D eigenvalue weighted by molar-refractivity contribution is 0.653. The van der Waals surface area contributed by atoms with E-state index in [0.29, 0.717) is 15.8 Å². The van der Waals surface area contributed by atoms with Crippen LogP contribution in [-0.2, 0) is 6.42 Å². The van der Waals surface area contributed by atoms with Gasteiger partial charge in [0.2, 0.25) is 5.16 Å². The van der Waals surface area contributed by atoms with Crippen LogP contribution in [0.2, 0.25) is 0 Å². The van der Waals surface area contributed by atoms with Crippen molar-refractivity contribution in [2.45, 2.75) is 16.6 Å². The van der Waals surface area contributed by atoms with Gasteiger partial charge < -0.3 is 4.42 Å². The number of hydrogen-bond donors (Lipinski definition) is 1. The Bertz CT molecular complexity index is 1160. The Kier molecular flexibility index (Phi) is 3.50. The molecule has 5 aromatic rings. The highest BCUT2D eigenvalue weighted by Crippen LogP contribution is 2.34. The lowest BCUT2D eigenvalue weighted by atomic mass is 10.2. The second-order valence-electron chi connectivity index (χ2n) is 5.38. The molecular formula is C17H11N5OS2. The fourth-order valence-electron chi connectivity index (χ4n) is 2.64. The zero-order valence-electron chi connectivity index (χ0n) is 12.8. The van der Waals surface area contributed by atoms with Gasteiger partial charge in [-0.15, -0.1) is 16.4 Å². The summed E-state index contributed by atoms with van der Waals surface area (Å²) >= 11 is 3.08. The molecular weight excluding hydrogens is 354 g/mol. The van der Waals surface area contributed by atoms with Crippen LogP contribution < -0.4 is 0 Å². The lowest BCUT2D eigenvalue weighted by Crippen LogP contribution is -1.87. The summed E-state index contributed by atoms with van der Waals surface area (Å²) in [4.78, 5) is 14.5. The maximum absolute atomic E-state index is 5.94. The number of rotatable bonds is 4. The van der Waals surface area contributed by atoms with Crippen molar-refractivity contribution >= 4 is 45.2 Å². The van der Waals surface area contributed by atoms with Crippen molar-refractivity contribution in [1.29, 1.82) is 0 Å². The SMILES string of the molecule is c1csc(Cc2nc(Sc3ncnc4c3oc3ccccc34)n[nH]2)c1. The molecule has 8 heteroatoms. The quantitative estimate of drug-likeness (QED) is 0.478. The van der Waals surface area contributed by atoms with Crippen molar-refractivity contribution in [2.24, 2.45) is 0 Å². The zero-order valence-corrected chi connectivity index (χ0v) is 14.5. The van der Waals surface area contributed by atoms with Crippen molar-refractivity contribution in [3.63, 3.8) is 0 Å². The van der Waals surface area contributed by atoms with Crippen molar-refractivity contribution in [3.8, 4) is 0 Å². The molecule has 0 bridgehead atoms. The van der Waals surface area contributed by atoms with Gasteiger partial charge in [0.25, 0.3) is 0 Å². The Morgan fingerprint density at radius 3 is 3.00 bits per heavy atom. The predicted molar refractivity (Wildman–Crippen MR) is 96.9 cm³/mol. The summed E-state index contributed by atoms with van der Waals surface area (Å²) in [6, 6.07) is 12.0. The third-order valence-corrected chi connectivity index (χ3v) is 5.47. The number of aromatic amines is 1. The third-order valence-electron chi connectivity index (χ3n) is 3.75. The molecule has 5 rings (SSSR count). The largest absolute Gasteiger partial charge is 0.451 e. The minimum Gasteiger partial charge on any atom is -0.451 e. The number of H-pyrrole nitrogens is 1. The minimum absolute atomic E-state index is 0.618. The van der Waals surface area contributed by atoms with E-state index in [1.54, 1.807) is 17.7 Å². The fourth-order valence-corrected chi connectivity index (χ4v) is 4.10. The molecule has 0 aliphatic carbocycles. The fraction of sp³-hybridized carbons (Fsp3) is 0.0588. The van der Waals surface area contributed by atoms with E-state index in [2.05, 4.69) is 36.6 Å². The molecule has 0 atom stereocenters. The molecule has 0 spiro atoms. The van der Waals surface area contributed by atoms with E-state index in [1.807, 2.05) is 30.3 Å². The summed E-state index contributed by atoms with van der Waals surface area (Å²) in [5, 5.41) is 11.6. The molecule has 0 saturated carbocycles. The van der Waals surface area contributed by atoms with Gasteiger partial charge in [-0.05, 0) is 35.3 Å². The van der Waals surface area contributed by atoms with Gasteiger partial charge in [0.15, 0.2) is 10.6 Å². The Balaban J connectivity index is 1.49. The predicted octanol–water partition coefficient (Wildman–Crippen LogP) is 4.30. The van der Waals surface area contributed by atoms with Gasteiger partial charge >= 0.3 is 0 Å². The smallest absolute Gasteiger partial charge is 0.214 e. The lowest BCUT2D eigenvalue weighted by Gasteiger charge is -1.96. The van der Waals surface area contributed by atoms with E-state index in [1.165, 1.54) is 16.6 Å². The average molecular weight is 365 g/mol. The van der Waals surface area contributed by atoms with E-state index in [4.69, 9.17) is 4.42 Å². The molecule has 0 fully saturated rings. The van der Waals surface area contributed by atoms with Crippen molar-refractivity contribution in [2.75, 3.05) is 0 Å². The van der Waals surface area contributed by atoms with E-state index in [-0.39, 0.29) is 0 Å². The average Bonchev–Trinajstić information content (AvgIpc) is 3.36. The second kappa shape index (κ2) is 5.98. The maximum atomic E-state index is 5.94. The molecule has 4 aromatic heterocycles. The van der Waals surface area contributed by atoms with Crippen molar-refractivity contribution in [3.05, 3.63) is 58.8 Å². The van der Waals surface area contributed by atoms with Gasteiger partial charge in [-0.25, -0.2) is 15.0 Å². The molecule has 122 valence electrons. The first-order valence-corrected chi connectivity index (χ1v) is 9.30. The molecule has 0 unspecified atom stereocenters. The summed E-state index contributed by atoms with van der Waals surface area (Å²) in [5.41, 5.74) is 2.27. The number of furan rings is 1. The summed E-state index contributed by atoms with van der Waals surface area (Å²) in [6.45, 7) is 0. The van der Waals surface area contributed by atoms with Crippen LogP contribution in [0.5, 0.6) is 0 Å². The molecule has 4 heterocycles. The Morgan fingerprint density at radius 1 is 1.12 bits per heavy atom. The third kappa shape index (κ3) is 2.69. The number of aromatic nitrogens is 5. The summed E-state index contributed by atoms with van der Waals surface area (Å²) in [6.07, 6.45) is 2.29. The number of nitrogens with one attached hydrogen (secondary N) is 1. The highest BCUT2D eigenvalue weighted by molar-refractivity contribution is 7.99. The normalized spacial score (nSPS) is 11.5. The van der Waals surface area contributed by atoms with Crippen LogP contribution in [0.25, 0.3) is 22.1 Å². The summed E-state index contributed by atoms with van der Waals surface area (Å²) in [7, 11) is 0. The Labute approximate surface area is 150 Å². The molecule has 0 aliphatic rings. The van der Waals surface area contributed by atoms with E-state index < -0.39 is 0 Å². The van der Waals surface area contributed by atoms with Crippen LogP contribution in [-0.4, -0.2) is 25.1 Å². The van der Waals surface area contributed by atoms with Crippen LogP contribution in [0.1, 0.15) is 10.7 Å². The first-order valence-electron chi connectivity index (χ1n) is 7.60. The molecule has 0 saturated heterocycles. The van der Waals surface area contributed by atoms with Gasteiger partial charge in [-0.3, -0.25) is 5.10 Å². The maximum Gasteiger partial charge on any atom is 0.214 e. The van der Waals surface area contributed by atoms with Gasteiger partial charge in [0.1, 0.15) is 23.3 Å². The molecule has 0 radical (unpaired) electrons. The Hall–Kier alpha value is -2.71. The standard InChI is InChI=1S/C17H11N5OS2/c1-2-6-12-11(5-1)14-15(23-12)16(19-9-18-14)25-17-20-13(21-22-17)8-10-4-3-7-24-10/h1-7,9H,8H2,(H,20,21,22). The number of fused-ring (bicyclic) bond motifs is 3. The van der Waals surface area contributed by atoms with Gasteiger partial charge in [0, 0.05) is 16.7 Å². The van der Waals surface area contributed by atoms with E-state index in [0.717, 1.165) is 28.7 Å². The molecule has 1 aromatic carbocycles. The van der Waals surface area contributed by atoms with Crippen LogP contribution in [0.3, 0.4) is 0 Å². The van der Waals surface area contributed by atoms with E-state index >= 15 is 0 Å². The molecule has 6 nitrogen and oxygen atoms in total. The zero-order chi connectivity index (χ0) is 16.6. The van der Waals surface area contributed by atoms with Gasteiger partial charge in [-0.2, -0.15) is 0 Å². The van der Waals surface area contributed by atoms with Crippen LogP contribution in [0.15, 0.2) is 62.7 Å². The second-order valence-corrected chi connectivity index (χ2v) is 7.37. The Morgan fingerprint density at radius 2 is 2.08 bits per heavy atom. The van der Waals surface area contributed by atoms with Crippen molar-refractivity contribution < 1.29 is 4.42 Å². The summed E-state index contributed by atoms with van der Waals surface area (Å²) in [5.74, 6) is 0.833. The molecule has 0 amide bonds. The molecule has 25 heavy (non-hydrogen) atoms. The van der Waals surface area contributed by atoms with E-state index in [9.17, 15) is 0 Å². The first kappa shape index (κ1) is 14.6. The molecule has 0 aliphatic heterocycles. The van der Waals surface area contributed by atoms with Crippen molar-refractivity contribution in [1.82, 2.24) is 25.1 Å². The van der Waals surface area contributed by atoms with Gasteiger partial charge in [-0.1, -0.05) is 18.2 Å². The van der Waals surface area contributed by atoms with Gasteiger partial charge in [0.05, 0.1) is 0 Å². The highest BCUT2D eigenvalue weighted by atomic mass is 32.2. The highest BCUT2D eigenvalue weighted by Gasteiger charge is 2.16. The number of benzene rings is 1. The minimum atomic E-state index is 0.618. The summed E-state index contributed by atoms with van der Waals surface area (Å²) < 4.78 is 5.94.